The van der Waals surface area contributed by atoms with E-state index in [9.17, 15) is 5.11 Å². The number of aliphatic hydroxyl groups excluding tert-OH is 1. The maximum Gasteiger partial charge on any atom is 0.109 e. The Kier molecular flexibility index (Phi) is 3.09. The highest BCUT2D eigenvalue weighted by Gasteiger charge is 2.12. The van der Waals surface area contributed by atoms with E-state index in [1.165, 1.54) is 0 Å². The minimum absolute atomic E-state index is 0.514. The van der Waals surface area contributed by atoms with E-state index >= 15 is 0 Å². The van der Waals surface area contributed by atoms with Crippen LogP contribution in [0.25, 0.3) is 0 Å². The molecule has 0 spiro atoms. The lowest BCUT2D eigenvalue weighted by Gasteiger charge is -2.05. The second-order valence-corrected chi connectivity index (χ2v) is 5.26. The van der Waals surface area contributed by atoms with Gasteiger partial charge in [0.15, 0.2) is 0 Å². The fraction of sp³-hybridized carbons (Fsp3) is 0.333. The van der Waals surface area contributed by atoms with Gasteiger partial charge < -0.3 is 5.11 Å². The third-order valence-corrected chi connectivity index (χ3v) is 3.80. The predicted molar refractivity (Wildman–Crippen MR) is 56.5 cm³/mol. The standard InChI is InChI=1S/C9H11BrOS/c1-5(2)8(11)7-4-6(3)9(10)12-7/h4,8,11H,1H2,2-3H3. The molecule has 3 heteroatoms. The van der Waals surface area contributed by atoms with Gasteiger partial charge in [-0.2, -0.15) is 0 Å². The molecule has 1 rings (SSSR count). The Morgan fingerprint density at radius 3 is 2.67 bits per heavy atom. The van der Waals surface area contributed by atoms with Crippen molar-refractivity contribution in [1.82, 2.24) is 0 Å². The Bertz CT molecular complexity index is 284. The normalized spacial score (nSPS) is 13.0. The minimum Gasteiger partial charge on any atom is -0.383 e. The SMILES string of the molecule is C=C(C)C(O)c1cc(C)c(Br)s1. The average Bonchev–Trinajstić information content (AvgIpc) is 2.30. The molecule has 0 aliphatic heterocycles. The Balaban J connectivity index is 2.96. The predicted octanol–water partition coefficient (Wildman–Crippen LogP) is 3.43. The van der Waals surface area contributed by atoms with E-state index in [4.69, 9.17) is 0 Å². The molecule has 0 fully saturated rings. The molecule has 1 aromatic rings. The van der Waals surface area contributed by atoms with Gasteiger partial charge in [-0.3, -0.25) is 0 Å². The largest absolute Gasteiger partial charge is 0.383 e. The summed E-state index contributed by atoms with van der Waals surface area (Å²) in [5.41, 5.74) is 1.94. The first kappa shape index (κ1) is 9.96. The molecular formula is C9H11BrOS. The third-order valence-electron chi connectivity index (χ3n) is 1.61. The van der Waals surface area contributed by atoms with Crippen molar-refractivity contribution in [3.63, 3.8) is 0 Å². The van der Waals surface area contributed by atoms with Crippen LogP contribution in [0.4, 0.5) is 0 Å². The first-order valence-corrected chi connectivity index (χ1v) is 5.22. The molecule has 1 aromatic heterocycles. The van der Waals surface area contributed by atoms with Crippen LogP contribution in [0.3, 0.4) is 0 Å². The summed E-state index contributed by atoms with van der Waals surface area (Å²) in [6.07, 6.45) is -0.514. The summed E-state index contributed by atoms with van der Waals surface area (Å²) in [5, 5.41) is 9.63. The fourth-order valence-electron chi connectivity index (χ4n) is 0.861. The number of aliphatic hydroxyl groups is 1. The zero-order chi connectivity index (χ0) is 9.30. The van der Waals surface area contributed by atoms with Crippen molar-refractivity contribution < 1.29 is 5.11 Å². The van der Waals surface area contributed by atoms with Crippen molar-refractivity contribution in [2.75, 3.05) is 0 Å². The average molecular weight is 247 g/mol. The number of thiophene rings is 1. The van der Waals surface area contributed by atoms with Crippen LogP contribution in [0.1, 0.15) is 23.5 Å². The van der Waals surface area contributed by atoms with Gasteiger partial charge in [0.05, 0.1) is 3.79 Å². The number of aryl methyl sites for hydroxylation is 1. The van der Waals surface area contributed by atoms with E-state index in [1.807, 2.05) is 19.9 Å². The maximum atomic E-state index is 9.63. The molecule has 0 aromatic carbocycles. The van der Waals surface area contributed by atoms with Gasteiger partial charge in [-0.05, 0) is 47.0 Å². The molecule has 0 saturated heterocycles. The van der Waals surface area contributed by atoms with Crippen molar-refractivity contribution in [1.29, 1.82) is 0 Å². The summed E-state index contributed by atoms with van der Waals surface area (Å²) >= 11 is 4.97. The lowest BCUT2D eigenvalue weighted by atomic mass is 10.1. The van der Waals surface area contributed by atoms with Crippen molar-refractivity contribution in [3.05, 3.63) is 32.4 Å². The molecular weight excluding hydrogens is 236 g/mol. The summed E-state index contributed by atoms with van der Waals surface area (Å²) in [6.45, 7) is 7.55. The Morgan fingerprint density at radius 2 is 2.33 bits per heavy atom. The van der Waals surface area contributed by atoms with Gasteiger partial charge >= 0.3 is 0 Å². The summed E-state index contributed by atoms with van der Waals surface area (Å²) in [5.74, 6) is 0. The molecule has 0 saturated carbocycles. The monoisotopic (exact) mass is 246 g/mol. The first-order chi connectivity index (χ1) is 5.52. The van der Waals surface area contributed by atoms with Crippen LogP contribution in [0.2, 0.25) is 0 Å². The lowest BCUT2D eigenvalue weighted by Crippen LogP contribution is -1.93. The molecule has 0 amide bonds. The van der Waals surface area contributed by atoms with Crippen LogP contribution in [-0.2, 0) is 0 Å². The van der Waals surface area contributed by atoms with Gasteiger partial charge in [-0.15, -0.1) is 11.3 Å². The lowest BCUT2D eigenvalue weighted by molar-refractivity contribution is 0.220. The second-order valence-electron chi connectivity index (χ2n) is 2.85. The van der Waals surface area contributed by atoms with Gasteiger partial charge in [0.1, 0.15) is 6.10 Å². The minimum atomic E-state index is -0.514. The van der Waals surface area contributed by atoms with Crippen LogP contribution in [0.5, 0.6) is 0 Å². The molecule has 66 valence electrons. The molecule has 0 bridgehead atoms. The molecule has 1 N–H and O–H groups in total. The van der Waals surface area contributed by atoms with E-state index in [0.717, 1.165) is 19.8 Å². The zero-order valence-electron chi connectivity index (χ0n) is 7.10. The number of halogens is 1. The number of hydrogen-bond acceptors (Lipinski definition) is 2. The van der Waals surface area contributed by atoms with E-state index in [0.29, 0.717) is 0 Å². The summed E-state index contributed by atoms with van der Waals surface area (Å²) in [7, 11) is 0. The van der Waals surface area contributed by atoms with Crippen molar-refractivity contribution in [3.8, 4) is 0 Å². The van der Waals surface area contributed by atoms with E-state index < -0.39 is 6.10 Å². The molecule has 1 atom stereocenters. The molecule has 12 heavy (non-hydrogen) atoms. The van der Waals surface area contributed by atoms with Gasteiger partial charge in [0, 0.05) is 4.88 Å². The topological polar surface area (TPSA) is 20.2 Å². The molecule has 0 aliphatic carbocycles. The maximum absolute atomic E-state index is 9.63. The van der Waals surface area contributed by atoms with Crippen LogP contribution >= 0.6 is 27.3 Å². The first-order valence-electron chi connectivity index (χ1n) is 3.61. The van der Waals surface area contributed by atoms with E-state index in [1.54, 1.807) is 11.3 Å². The zero-order valence-corrected chi connectivity index (χ0v) is 9.50. The molecule has 0 aliphatic rings. The Morgan fingerprint density at radius 1 is 1.75 bits per heavy atom. The summed E-state index contributed by atoms with van der Waals surface area (Å²) < 4.78 is 1.08. The smallest absolute Gasteiger partial charge is 0.109 e. The fourth-order valence-corrected chi connectivity index (χ4v) is 2.51. The highest BCUT2D eigenvalue weighted by Crippen LogP contribution is 2.33. The summed E-state index contributed by atoms with van der Waals surface area (Å²) in [6, 6.07) is 1.98. The molecule has 1 unspecified atom stereocenters. The third kappa shape index (κ3) is 1.97. The van der Waals surface area contributed by atoms with Crippen LogP contribution in [-0.4, -0.2) is 5.11 Å². The second kappa shape index (κ2) is 3.73. The molecule has 1 heterocycles. The van der Waals surface area contributed by atoms with E-state index in [-0.39, 0.29) is 0 Å². The van der Waals surface area contributed by atoms with Gasteiger partial charge in [-0.25, -0.2) is 0 Å². The van der Waals surface area contributed by atoms with Gasteiger partial charge in [0.2, 0.25) is 0 Å². The van der Waals surface area contributed by atoms with E-state index in [2.05, 4.69) is 22.5 Å². The number of hydrogen-bond donors (Lipinski definition) is 1. The van der Waals surface area contributed by atoms with Crippen LogP contribution in [0.15, 0.2) is 22.0 Å². The van der Waals surface area contributed by atoms with Crippen molar-refractivity contribution >= 4 is 27.3 Å². The van der Waals surface area contributed by atoms with Crippen molar-refractivity contribution in [2.45, 2.75) is 20.0 Å². The quantitative estimate of drug-likeness (QED) is 0.794. The number of rotatable bonds is 2. The van der Waals surface area contributed by atoms with Gasteiger partial charge in [0.25, 0.3) is 0 Å². The van der Waals surface area contributed by atoms with Gasteiger partial charge in [-0.1, -0.05) is 6.58 Å². The van der Waals surface area contributed by atoms with Crippen LogP contribution < -0.4 is 0 Å². The highest BCUT2D eigenvalue weighted by molar-refractivity contribution is 9.11. The summed E-state index contributed by atoms with van der Waals surface area (Å²) in [4.78, 5) is 0.951. The Labute approximate surface area is 84.9 Å². The van der Waals surface area contributed by atoms with Crippen LogP contribution in [0, 0.1) is 6.92 Å². The van der Waals surface area contributed by atoms with Crippen molar-refractivity contribution in [2.24, 2.45) is 0 Å². The molecule has 1 nitrogen and oxygen atoms in total. The Hall–Kier alpha value is -0.120. The highest BCUT2D eigenvalue weighted by atomic mass is 79.9. The molecule has 0 radical (unpaired) electrons.